The van der Waals surface area contributed by atoms with Gasteiger partial charge < -0.3 is 4.90 Å². The topological polar surface area (TPSA) is 66.7 Å². The molecule has 1 aliphatic heterocycles. The third-order valence-corrected chi connectivity index (χ3v) is 4.94. The lowest BCUT2D eigenvalue weighted by Gasteiger charge is -2.22. The fourth-order valence-electron chi connectivity index (χ4n) is 3.46. The summed E-state index contributed by atoms with van der Waals surface area (Å²) in [6.45, 7) is 3.85. The van der Waals surface area contributed by atoms with Crippen molar-refractivity contribution in [3.8, 4) is 0 Å². The van der Waals surface area contributed by atoms with Crippen LogP contribution in [0.3, 0.4) is 0 Å². The second kappa shape index (κ2) is 9.28. The maximum atomic E-state index is 12.5. The van der Waals surface area contributed by atoms with Crippen LogP contribution in [0.5, 0.6) is 0 Å². The van der Waals surface area contributed by atoms with Gasteiger partial charge in [-0.25, -0.2) is 0 Å². The first-order valence-corrected chi connectivity index (χ1v) is 9.39. The molecule has 1 saturated heterocycles. The number of nitro benzene ring substituents is 1. The van der Waals surface area contributed by atoms with Gasteiger partial charge in [-0.3, -0.25) is 19.8 Å². The van der Waals surface area contributed by atoms with Crippen LogP contribution in [0.25, 0.3) is 0 Å². The Morgan fingerprint density at radius 2 is 1.74 bits per heavy atom. The number of benzene rings is 2. The molecule has 2 aromatic carbocycles. The zero-order valence-electron chi connectivity index (χ0n) is 15.4. The van der Waals surface area contributed by atoms with E-state index in [4.69, 9.17) is 0 Å². The molecule has 0 radical (unpaired) electrons. The molecule has 0 spiro atoms. The number of hydrogen-bond acceptors (Lipinski definition) is 4. The quantitative estimate of drug-likeness (QED) is 0.581. The maximum absolute atomic E-state index is 12.5. The molecule has 0 N–H and O–H groups in total. The summed E-state index contributed by atoms with van der Waals surface area (Å²) in [4.78, 5) is 27.3. The molecule has 1 heterocycles. The van der Waals surface area contributed by atoms with Crippen molar-refractivity contribution in [1.82, 2.24) is 9.80 Å². The average molecular weight is 367 g/mol. The van der Waals surface area contributed by atoms with Gasteiger partial charge in [-0.2, -0.15) is 0 Å². The van der Waals surface area contributed by atoms with Crippen molar-refractivity contribution in [2.24, 2.45) is 0 Å². The Balaban J connectivity index is 1.50. The molecule has 1 aliphatic rings. The van der Waals surface area contributed by atoms with Crippen LogP contribution in [-0.4, -0.2) is 46.8 Å². The van der Waals surface area contributed by atoms with Gasteiger partial charge in [0.15, 0.2) is 0 Å². The minimum Gasteiger partial charge on any atom is -0.341 e. The summed E-state index contributed by atoms with van der Waals surface area (Å²) in [5.41, 5.74) is 2.25. The maximum Gasteiger partial charge on any atom is 0.269 e. The van der Waals surface area contributed by atoms with Crippen LogP contribution in [0.4, 0.5) is 5.69 Å². The van der Waals surface area contributed by atoms with E-state index >= 15 is 0 Å². The molecular formula is C21H25N3O3. The van der Waals surface area contributed by atoms with E-state index in [9.17, 15) is 14.9 Å². The molecule has 3 rings (SSSR count). The third-order valence-electron chi connectivity index (χ3n) is 4.94. The zero-order valence-corrected chi connectivity index (χ0v) is 15.4. The van der Waals surface area contributed by atoms with Crippen molar-refractivity contribution >= 4 is 11.6 Å². The number of non-ortho nitro benzene ring substituents is 1. The van der Waals surface area contributed by atoms with Crippen molar-refractivity contribution in [3.63, 3.8) is 0 Å². The molecule has 0 bridgehead atoms. The molecule has 0 aromatic heterocycles. The second-order valence-electron chi connectivity index (χ2n) is 6.92. The molecule has 0 atom stereocenters. The Kier molecular flexibility index (Phi) is 6.54. The number of aryl methyl sites for hydroxylation is 1. The molecular weight excluding hydrogens is 342 g/mol. The Bertz CT molecular complexity index is 779. The Morgan fingerprint density at radius 3 is 2.52 bits per heavy atom. The lowest BCUT2D eigenvalue weighted by molar-refractivity contribution is -0.384. The van der Waals surface area contributed by atoms with E-state index < -0.39 is 0 Å². The van der Waals surface area contributed by atoms with Gasteiger partial charge in [-0.1, -0.05) is 42.5 Å². The zero-order chi connectivity index (χ0) is 19.1. The van der Waals surface area contributed by atoms with E-state index in [1.54, 1.807) is 12.1 Å². The molecule has 142 valence electrons. The fourth-order valence-corrected chi connectivity index (χ4v) is 3.46. The molecule has 0 saturated carbocycles. The van der Waals surface area contributed by atoms with Gasteiger partial charge >= 0.3 is 0 Å². The predicted molar refractivity (Wildman–Crippen MR) is 104 cm³/mol. The highest BCUT2D eigenvalue weighted by molar-refractivity contribution is 5.76. The lowest BCUT2D eigenvalue weighted by atomic mass is 10.1. The van der Waals surface area contributed by atoms with Gasteiger partial charge in [0, 0.05) is 51.3 Å². The van der Waals surface area contributed by atoms with Crippen molar-refractivity contribution in [2.45, 2.75) is 25.8 Å². The van der Waals surface area contributed by atoms with E-state index in [0.29, 0.717) is 19.5 Å². The Labute approximate surface area is 159 Å². The van der Waals surface area contributed by atoms with Crippen LogP contribution in [0, 0.1) is 10.1 Å². The Morgan fingerprint density at radius 1 is 0.963 bits per heavy atom. The van der Waals surface area contributed by atoms with Gasteiger partial charge in [0.1, 0.15) is 0 Å². The molecule has 1 fully saturated rings. The standard InChI is InChI=1S/C21H25N3O3/c25-21(11-10-18-6-2-1-3-7-18)23-13-5-12-22(14-15-23)17-19-8-4-9-20(16-19)24(26)27/h1-4,6-9,16H,5,10-15,17H2. The lowest BCUT2D eigenvalue weighted by Crippen LogP contribution is -2.35. The SMILES string of the molecule is O=C(CCc1ccccc1)N1CCCN(Cc2cccc([N+](=O)[O-])c2)CC1. The first-order valence-electron chi connectivity index (χ1n) is 9.39. The average Bonchev–Trinajstić information content (AvgIpc) is 2.93. The monoisotopic (exact) mass is 367 g/mol. The summed E-state index contributed by atoms with van der Waals surface area (Å²) in [5, 5.41) is 10.9. The molecule has 1 amide bonds. The number of carbonyl (C=O) groups excluding carboxylic acids is 1. The van der Waals surface area contributed by atoms with E-state index in [1.807, 2.05) is 29.2 Å². The number of amides is 1. The van der Waals surface area contributed by atoms with E-state index in [2.05, 4.69) is 17.0 Å². The minimum absolute atomic E-state index is 0.125. The molecule has 0 unspecified atom stereocenters. The number of hydrogen-bond donors (Lipinski definition) is 0. The van der Waals surface area contributed by atoms with Gasteiger partial charge in [0.25, 0.3) is 5.69 Å². The van der Waals surface area contributed by atoms with E-state index in [1.165, 1.54) is 11.6 Å². The van der Waals surface area contributed by atoms with Crippen LogP contribution in [0.1, 0.15) is 24.0 Å². The number of carbonyl (C=O) groups is 1. The molecule has 2 aromatic rings. The fraction of sp³-hybridized carbons (Fsp3) is 0.381. The first-order chi connectivity index (χ1) is 13.1. The van der Waals surface area contributed by atoms with Crippen LogP contribution in [0.2, 0.25) is 0 Å². The van der Waals surface area contributed by atoms with Gasteiger partial charge in [-0.15, -0.1) is 0 Å². The summed E-state index contributed by atoms with van der Waals surface area (Å²) >= 11 is 0. The summed E-state index contributed by atoms with van der Waals surface area (Å²) in [5.74, 6) is 0.205. The van der Waals surface area contributed by atoms with Gasteiger partial charge in [0.2, 0.25) is 5.91 Å². The van der Waals surface area contributed by atoms with Crippen molar-refractivity contribution in [3.05, 3.63) is 75.8 Å². The second-order valence-corrected chi connectivity index (χ2v) is 6.92. The van der Waals surface area contributed by atoms with Crippen LogP contribution >= 0.6 is 0 Å². The number of nitro groups is 1. The first kappa shape index (κ1) is 19.0. The van der Waals surface area contributed by atoms with Gasteiger partial charge in [-0.05, 0) is 24.0 Å². The molecule has 0 aliphatic carbocycles. The van der Waals surface area contributed by atoms with E-state index in [-0.39, 0.29) is 16.5 Å². The van der Waals surface area contributed by atoms with Crippen molar-refractivity contribution < 1.29 is 9.72 Å². The summed E-state index contributed by atoms with van der Waals surface area (Å²) in [7, 11) is 0. The van der Waals surface area contributed by atoms with Crippen LogP contribution in [0.15, 0.2) is 54.6 Å². The largest absolute Gasteiger partial charge is 0.341 e. The summed E-state index contributed by atoms with van der Waals surface area (Å²) in [6.07, 6.45) is 2.23. The minimum atomic E-state index is -0.362. The molecule has 27 heavy (non-hydrogen) atoms. The Hall–Kier alpha value is -2.73. The van der Waals surface area contributed by atoms with Crippen molar-refractivity contribution in [1.29, 1.82) is 0 Å². The smallest absolute Gasteiger partial charge is 0.269 e. The highest BCUT2D eigenvalue weighted by Crippen LogP contribution is 2.16. The molecule has 6 nitrogen and oxygen atoms in total. The summed E-state index contributed by atoms with van der Waals surface area (Å²) < 4.78 is 0. The highest BCUT2D eigenvalue weighted by Gasteiger charge is 2.19. The van der Waals surface area contributed by atoms with Crippen LogP contribution < -0.4 is 0 Å². The highest BCUT2D eigenvalue weighted by atomic mass is 16.6. The predicted octanol–water partition coefficient (Wildman–Crippen LogP) is 3.26. The normalized spacial score (nSPS) is 15.3. The van der Waals surface area contributed by atoms with Gasteiger partial charge in [0.05, 0.1) is 4.92 Å². The third kappa shape index (κ3) is 5.62. The number of nitrogens with zero attached hydrogens (tertiary/aromatic N) is 3. The number of rotatable bonds is 6. The summed E-state index contributed by atoms with van der Waals surface area (Å²) in [6, 6.07) is 16.9. The van der Waals surface area contributed by atoms with Crippen LogP contribution in [-0.2, 0) is 17.8 Å². The van der Waals surface area contributed by atoms with Crippen molar-refractivity contribution in [2.75, 3.05) is 26.2 Å². The van der Waals surface area contributed by atoms with E-state index in [0.717, 1.165) is 38.0 Å². The molecule has 6 heteroatoms.